The van der Waals surface area contributed by atoms with Crippen LogP contribution in [0.15, 0.2) is 108 Å². The summed E-state index contributed by atoms with van der Waals surface area (Å²) in [6, 6.07) is 21.2. The van der Waals surface area contributed by atoms with E-state index in [-0.39, 0.29) is 52.4 Å². The van der Waals surface area contributed by atoms with Crippen LogP contribution in [0, 0.1) is 62.3 Å². The maximum absolute atomic E-state index is 13.0. The highest BCUT2D eigenvalue weighted by molar-refractivity contribution is 7.92. The number of hydrogen-bond acceptors (Lipinski definition) is 16. The zero-order chi connectivity index (χ0) is 51.1. The molecule has 1 aliphatic heterocycles. The van der Waals surface area contributed by atoms with E-state index in [4.69, 9.17) is 9.47 Å². The van der Waals surface area contributed by atoms with Gasteiger partial charge in [-0.2, -0.15) is 33.7 Å². The van der Waals surface area contributed by atoms with E-state index in [0.29, 0.717) is 27.8 Å². The minimum atomic E-state index is -4.13. The van der Waals surface area contributed by atoms with Crippen LogP contribution in [-0.4, -0.2) is 70.5 Å². The normalized spacial score (nSPS) is 13.2. The molecular weight excluding hydrogens is 981 g/mol. The molecule has 366 valence electrons. The highest BCUT2D eigenvalue weighted by Gasteiger charge is 2.37. The summed E-state index contributed by atoms with van der Waals surface area (Å²) < 4.78 is 153. The second kappa shape index (κ2) is 20.0. The molecule has 1 heterocycles. The molecule has 0 fully saturated rings. The van der Waals surface area contributed by atoms with Crippen LogP contribution in [0.2, 0.25) is 0 Å². The number of aryl methyl sites for hydroxylation is 9. The molecule has 16 nitrogen and oxygen atoms in total. The monoisotopic (exact) mass is 1030 g/mol. The minimum absolute atomic E-state index is 0.00569. The number of rotatable bonds is 10. The van der Waals surface area contributed by atoms with E-state index in [1.165, 1.54) is 43.5 Å². The number of ether oxygens (including phenoxy) is 2. The van der Waals surface area contributed by atoms with Crippen molar-refractivity contribution in [3.8, 4) is 23.0 Å². The molecule has 0 aliphatic carbocycles. The lowest BCUT2D eigenvalue weighted by Gasteiger charge is -2.24. The fourth-order valence-corrected chi connectivity index (χ4v) is 12.9. The molecule has 0 radical (unpaired) electrons. The fraction of sp³-hybridized carbons (Fsp3) is 0.277. The Morgan fingerprint density at radius 2 is 0.794 bits per heavy atom. The van der Waals surface area contributed by atoms with Crippen LogP contribution >= 0.6 is 0 Å². The van der Waals surface area contributed by atoms with Crippen molar-refractivity contribution >= 4 is 61.1 Å². The van der Waals surface area contributed by atoms with Gasteiger partial charge in [-0.3, -0.25) is 16.7 Å². The number of benzene rings is 6. The molecule has 1 aliphatic rings. The molecule has 0 atom stereocenters. The van der Waals surface area contributed by atoms with Gasteiger partial charge in [-0.15, -0.1) is 0 Å². The van der Waals surface area contributed by atoms with E-state index in [2.05, 4.69) is 16.7 Å². The lowest BCUT2D eigenvalue weighted by Crippen LogP contribution is -2.16. The first-order chi connectivity index (χ1) is 31.4. The van der Waals surface area contributed by atoms with Gasteiger partial charge in [-0.1, -0.05) is 42.0 Å². The number of fused-ring (bicyclic) bond motifs is 3. The number of sulfone groups is 1. The van der Waals surface area contributed by atoms with Crippen molar-refractivity contribution in [3.63, 3.8) is 0 Å². The van der Waals surface area contributed by atoms with Crippen molar-refractivity contribution in [2.75, 3.05) is 28.4 Å². The van der Waals surface area contributed by atoms with Gasteiger partial charge in [-0.05, 0) is 155 Å². The van der Waals surface area contributed by atoms with Gasteiger partial charge in [0.15, 0.2) is 11.5 Å². The van der Waals surface area contributed by atoms with Crippen LogP contribution in [0.1, 0.15) is 50.1 Å². The van der Waals surface area contributed by atoms with Gasteiger partial charge in [-0.25, -0.2) is 8.42 Å². The van der Waals surface area contributed by atoms with Crippen molar-refractivity contribution in [2.24, 2.45) is 0 Å². The summed E-state index contributed by atoms with van der Waals surface area (Å²) in [4.78, 5) is -0.560. The molecule has 0 unspecified atom stereocenters. The van der Waals surface area contributed by atoms with E-state index in [9.17, 15) is 42.1 Å². The third kappa shape index (κ3) is 11.1. The molecule has 0 spiro atoms. The predicted molar refractivity (Wildman–Crippen MR) is 255 cm³/mol. The van der Waals surface area contributed by atoms with Crippen molar-refractivity contribution in [1.82, 2.24) is 0 Å². The molecule has 0 N–H and O–H groups in total. The topological polar surface area (TPSA) is 226 Å². The third-order valence-corrected chi connectivity index (χ3v) is 17.4. The molecule has 0 bridgehead atoms. The Bertz CT molecular complexity index is 3560. The van der Waals surface area contributed by atoms with Crippen LogP contribution in [0.25, 0.3) is 10.8 Å². The highest BCUT2D eigenvalue weighted by Crippen LogP contribution is 2.48. The molecule has 0 aromatic heterocycles. The summed E-state index contributed by atoms with van der Waals surface area (Å²) >= 11 is 0. The van der Waals surface area contributed by atoms with Crippen LogP contribution in [0.4, 0.5) is 0 Å². The van der Waals surface area contributed by atoms with Crippen LogP contribution in [-0.2, 0) is 67.0 Å². The predicted octanol–water partition coefficient (Wildman–Crippen LogP) is 9.06. The lowest BCUT2D eigenvalue weighted by molar-refractivity contribution is 0.382. The first-order valence-corrected chi connectivity index (χ1v) is 27.4. The first-order valence-electron chi connectivity index (χ1n) is 20.3. The third-order valence-electron chi connectivity index (χ3n) is 10.5. The molecule has 21 heteroatoms. The Morgan fingerprint density at radius 1 is 0.397 bits per heavy atom. The van der Waals surface area contributed by atoms with E-state index in [0.717, 1.165) is 54.4 Å². The van der Waals surface area contributed by atoms with Crippen LogP contribution in [0.3, 0.4) is 0 Å². The number of hydrogen-bond donors (Lipinski definition) is 0. The fourth-order valence-electron chi connectivity index (χ4n) is 7.39. The van der Waals surface area contributed by atoms with Crippen molar-refractivity contribution in [3.05, 3.63) is 129 Å². The van der Waals surface area contributed by atoms with Gasteiger partial charge in [0, 0.05) is 5.39 Å². The smallest absolute Gasteiger partial charge is 0.300 e. The maximum atomic E-state index is 13.0. The standard InChI is InChI=1S/C17H20O7S2.C16H16O6S2.C14H16O3S/c1-11-6-7-14(15(9-11)25(18,19)22-4)24-17-13(3)8-12(2)10-16(17)26(20,21)23-5;1-9-5-11(3)15-12(6-9)23(17,18)13-7-10(2)8-14(16(13)22-15)24(19,20)21-4;1-9-5-11(3)12-6-10(2)8-14(13(12)7-9)18(15,16)17-4/h6-10H,1-5H3;5-8H,1-4H3;5-8H,1-4H3. The van der Waals surface area contributed by atoms with Gasteiger partial charge in [0.2, 0.25) is 9.84 Å². The highest BCUT2D eigenvalue weighted by atomic mass is 32.2. The Labute approximate surface area is 399 Å². The SMILES string of the molecule is COS(=O)(=O)c1cc(C)cc2c(C)cc(C)cc12.COS(=O)(=O)c1cc(C)cc2c1Oc1c(C)cc(C)cc1S2(=O)=O.COS(=O)(=O)c1cc(C)ccc1Oc1c(C)cc(C)cc1S(=O)(=O)OC. The second-order valence-corrected chi connectivity index (χ2v) is 24.6. The van der Waals surface area contributed by atoms with E-state index >= 15 is 0 Å². The second-order valence-electron chi connectivity index (χ2n) is 16.0. The lowest BCUT2D eigenvalue weighted by atomic mass is 10.0. The van der Waals surface area contributed by atoms with Gasteiger partial charge < -0.3 is 9.47 Å². The Morgan fingerprint density at radius 3 is 1.38 bits per heavy atom. The molecule has 0 amide bonds. The van der Waals surface area contributed by atoms with E-state index < -0.39 is 50.3 Å². The summed E-state index contributed by atoms with van der Waals surface area (Å²) in [6.07, 6.45) is 0. The van der Waals surface area contributed by atoms with Gasteiger partial charge >= 0.3 is 0 Å². The summed E-state index contributed by atoms with van der Waals surface area (Å²) in [5.41, 5.74) is 6.77. The Balaban J connectivity index is 0.000000194. The van der Waals surface area contributed by atoms with Crippen LogP contribution in [0.5, 0.6) is 23.0 Å². The largest absolute Gasteiger partial charge is 0.454 e. The summed E-state index contributed by atoms with van der Waals surface area (Å²) in [5, 5.41) is 1.68. The summed E-state index contributed by atoms with van der Waals surface area (Å²) in [6.45, 7) is 16.0. The molecule has 68 heavy (non-hydrogen) atoms. The van der Waals surface area contributed by atoms with Crippen molar-refractivity contribution < 1.29 is 68.3 Å². The zero-order valence-electron chi connectivity index (χ0n) is 39.6. The van der Waals surface area contributed by atoms with Gasteiger partial charge in [0.25, 0.3) is 40.5 Å². The maximum Gasteiger partial charge on any atom is 0.300 e. The average Bonchev–Trinajstić information content (AvgIpc) is 3.26. The van der Waals surface area contributed by atoms with E-state index in [1.807, 2.05) is 39.0 Å². The minimum Gasteiger partial charge on any atom is -0.454 e. The zero-order valence-corrected chi connectivity index (χ0v) is 43.7. The van der Waals surface area contributed by atoms with Crippen molar-refractivity contribution in [2.45, 2.75) is 91.7 Å². The summed E-state index contributed by atoms with van der Waals surface area (Å²) in [5.74, 6) is -0.128. The van der Waals surface area contributed by atoms with Crippen molar-refractivity contribution in [1.29, 1.82) is 0 Å². The Kier molecular flexibility index (Phi) is 15.8. The van der Waals surface area contributed by atoms with Gasteiger partial charge in [0.05, 0.1) is 28.4 Å². The van der Waals surface area contributed by atoms with Crippen LogP contribution < -0.4 is 9.47 Å². The molecule has 6 aromatic carbocycles. The first kappa shape index (κ1) is 53.7. The molecule has 0 saturated carbocycles. The van der Waals surface area contributed by atoms with Gasteiger partial charge in [0.1, 0.15) is 40.9 Å². The molecule has 6 aromatic rings. The quantitative estimate of drug-likeness (QED) is 0.116. The molecule has 7 rings (SSSR count). The Hall–Kier alpha value is -5.23. The van der Waals surface area contributed by atoms with E-state index in [1.54, 1.807) is 65.8 Å². The average molecular weight is 1030 g/mol. The molecular formula is C47H52O16S5. The summed E-state index contributed by atoms with van der Waals surface area (Å²) in [7, 11) is -15.5. The molecule has 0 saturated heterocycles.